The lowest BCUT2D eigenvalue weighted by Gasteiger charge is -2.06. The largest absolute Gasteiger partial charge is 0.508 e. The highest BCUT2D eigenvalue weighted by molar-refractivity contribution is 6.29. The minimum atomic E-state index is -0.170. The van der Waals surface area contributed by atoms with E-state index in [9.17, 15) is 9.90 Å². The fourth-order valence-corrected chi connectivity index (χ4v) is 2.10. The molecule has 0 aliphatic rings. The van der Waals surface area contributed by atoms with Crippen molar-refractivity contribution in [2.75, 3.05) is 6.54 Å². The van der Waals surface area contributed by atoms with Crippen LogP contribution in [-0.4, -0.2) is 22.5 Å². The highest BCUT2D eigenvalue weighted by Gasteiger charge is 2.07. The first kappa shape index (κ1) is 14.3. The molecule has 5 heteroatoms. The topological polar surface area (TPSA) is 62.2 Å². The number of rotatable bonds is 4. The number of phenols is 1. The van der Waals surface area contributed by atoms with Crippen molar-refractivity contribution in [1.29, 1.82) is 0 Å². The molecular weight excluding hydrogens is 276 g/mol. The zero-order valence-electron chi connectivity index (χ0n) is 11.1. The van der Waals surface area contributed by atoms with Crippen LogP contribution in [0.5, 0.6) is 5.75 Å². The van der Waals surface area contributed by atoms with Gasteiger partial charge < -0.3 is 10.4 Å². The molecule has 1 heterocycles. The molecule has 104 valence electrons. The Labute approximate surface area is 122 Å². The van der Waals surface area contributed by atoms with Gasteiger partial charge >= 0.3 is 0 Å². The third kappa shape index (κ3) is 3.96. The molecule has 0 atom stereocenters. The number of benzene rings is 1. The smallest absolute Gasteiger partial charge is 0.251 e. The number of amides is 1. The summed E-state index contributed by atoms with van der Waals surface area (Å²) in [6.07, 6.45) is 0.698. The zero-order valence-corrected chi connectivity index (χ0v) is 11.8. The minimum absolute atomic E-state index is 0.170. The highest BCUT2D eigenvalue weighted by Crippen LogP contribution is 2.11. The van der Waals surface area contributed by atoms with Gasteiger partial charge in [-0.15, -0.1) is 0 Å². The molecule has 2 aromatic rings. The average Bonchev–Trinajstić information content (AvgIpc) is 2.40. The number of pyridine rings is 1. The molecule has 0 fully saturated rings. The molecule has 0 bridgehead atoms. The molecule has 0 spiro atoms. The van der Waals surface area contributed by atoms with E-state index in [4.69, 9.17) is 11.6 Å². The summed E-state index contributed by atoms with van der Waals surface area (Å²) < 4.78 is 0. The molecule has 20 heavy (non-hydrogen) atoms. The lowest BCUT2D eigenvalue weighted by molar-refractivity contribution is 0.0954. The minimum Gasteiger partial charge on any atom is -0.508 e. The van der Waals surface area contributed by atoms with Gasteiger partial charge in [-0.05, 0) is 43.2 Å². The molecule has 2 N–H and O–H groups in total. The summed E-state index contributed by atoms with van der Waals surface area (Å²) in [6, 6.07) is 10.2. The molecule has 1 aromatic carbocycles. The molecule has 1 aromatic heterocycles. The number of halogens is 1. The third-order valence-corrected chi connectivity index (χ3v) is 3.01. The normalized spacial score (nSPS) is 10.3. The van der Waals surface area contributed by atoms with Crippen molar-refractivity contribution in [3.05, 3.63) is 58.4 Å². The Balaban J connectivity index is 1.90. The molecule has 0 radical (unpaired) electrons. The van der Waals surface area contributed by atoms with Crippen molar-refractivity contribution in [3.63, 3.8) is 0 Å². The molecular formula is C15H15ClN2O2. The number of nitrogens with one attached hydrogen (secondary N) is 1. The van der Waals surface area contributed by atoms with Crippen LogP contribution < -0.4 is 5.32 Å². The molecule has 2 rings (SSSR count). The highest BCUT2D eigenvalue weighted by atomic mass is 35.5. The molecule has 0 aliphatic heterocycles. The number of carbonyl (C=O) groups excluding carboxylic acids is 1. The monoisotopic (exact) mass is 290 g/mol. The predicted octanol–water partition coefficient (Wildman–Crippen LogP) is 2.72. The SMILES string of the molecule is Cc1cc(C(=O)NCCc2ccc(O)cc2)cc(Cl)n1. The molecule has 0 aliphatic carbocycles. The van der Waals surface area contributed by atoms with E-state index in [0.717, 1.165) is 5.56 Å². The van der Waals surface area contributed by atoms with Crippen molar-refractivity contribution >= 4 is 17.5 Å². The summed E-state index contributed by atoms with van der Waals surface area (Å²) in [4.78, 5) is 16.0. The Kier molecular flexibility index (Phi) is 4.58. The van der Waals surface area contributed by atoms with Crippen molar-refractivity contribution in [2.24, 2.45) is 0 Å². The number of nitrogens with zero attached hydrogens (tertiary/aromatic N) is 1. The number of aromatic nitrogens is 1. The van der Waals surface area contributed by atoms with Crippen molar-refractivity contribution in [2.45, 2.75) is 13.3 Å². The van der Waals surface area contributed by atoms with Crippen molar-refractivity contribution in [1.82, 2.24) is 10.3 Å². The van der Waals surface area contributed by atoms with Crippen LogP contribution >= 0.6 is 11.6 Å². The zero-order chi connectivity index (χ0) is 14.5. The number of aryl methyl sites for hydroxylation is 1. The summed E-state index contributed by atoms with van der Waals surface area (Å²) in [5.41, 5.74) is 2.27. The third-order valence-electron chi connectivity index (χ3n) is 2.82. The lowest BCUT2D eigenvalue weighted by Crippen LogP contribution is -2.25. The number of hydrogen-bond donors (Lipinski definition) is 2. The molecule has 0 saturated heterocycles. The van der Waals surface area contributed by atoms with Crippen LogP contribution in [0.25, 0.3) is 0 Å². The summed E-state index contributed by atoms with van der Waals surface area (Å²) >= 11 is 5.82. The standard InChI is InChI=1S/C15H15ClN2O2/c1-10-8-12(9-14(16)18-10)15(20)17-7-6-11-2-4-13(19)5-3-11/h2-5,8-9,19H,6-7H2,1H3,(H,17,20). The maximum Gasteiger partial charge on any atom is 0.251 e. The number of hydrogen-bond acceptors (Lipinski definition) is 3. The van der Waals surface area contributed by atoms with E-state index in [2.05, 4.69) is 10.3 Å². The maximum atomic E-state index is 12.0. The first-order chi connectivity index (χ1) is 9.54. The van der Waals surface area contributed by atoms with Crippen LogP contribution in [0.4, 0.5) is 0 Å². The van der Waals surface area contributed by atoms with Gasteiger partial charge in [0, 0.05) is 17.8 Å². The maximum absolute atomic E-state index is 12.0. The fourth-order valence-electron chi connectivity index (χ4n) is 1.84. The van der Waals surface area contributed by atoms with Gasteiger partial charge in [-0.2, -0.15) is 0 Å². The van der Waals surface area contributed by atoms with E-state index < -0.39 is 0 Å². The Morgan fingerprint density at radius 2 is 2.00 bits per heavy atom. The number of aromatic hydroxyl groups is 1. The van der Waals surface area contributed by atoms with Gasteiger partial charge in [-0.3, -0.25) is 4.79 Å². The van der Waals surface area contributed by atoms with Gasteiger partial charge in [0.1, 0.15) is 10.9 Å². The van der Waals surface area contributed by atoms with E-state index in [1.807, 2.05) is 12.1 Å². The van der Waals surface area contributed by atoms with E-state index in [-0.39, 0.29) is 11.7 Å². The van der Waals surface area contributed by atoms with E-state index >= 15 is 0 Å². The Hall–Kier alpha value is -2.07. The predicted molar refractivity (Wildman–Crippen MR) is 78.1 cm³/mol. The van der Waals surface area contributed by atoms with Crippen molar-refractivity contribution in [3.8, 4) is 5.75 Å². The molecule has 0 unspecified atom stereocenters. The van der Waals surface area contributed by atoms with Crippen molar-refractivity contribution < 1.29 is 9.90 Å². The summed E-state index contributed by atoms with van der Waals surface area (Å²) in [6.45, 7) is 2.31. The summed E-state index contributed by atoms with van der Waals surface area (Å²) in [5.74, 6) is 0.0656. The molecule has 1 amide bonds. The van der Waals surface area contributed by atoms with E-state index in [1.54, 1.807) is 31.2 Å². The van der Waals surface area contributed by atoms with Crippen LogP contribution in [0.1, 0.15) is 21.6 Å². The summed E-state index contributed by atoms with van der Waals surface area (Å²) in [7, 11) is 0. The van der Waals surface area contributed by atoms with Gasteiger partial charge in [-0.25, -0.2) is 4.98 Å². The van der Waals surface area contributed by atoms with E-state index in [0.29, 0.717) is 29.4 Å². The molecule has 4 nitrogen and oxygen atoms in total. The average molecular weight is 291 g/mol. The fraction of sp³-hybridized carbons (Fsp3) is 0.200. The second kappa shape index (κ2) is 6.39. The van der Waals surface area contributed by atoms with Crippen LogP contribution in [-0.2, 0) is 6.42 Å². The second-order valence-electron chi connectivity index (χ2n) is 4.49. The van der Waals surface area contributed by atoms with Crippen LogP contribution in [0.15, 0.2) is 36.4 Å². The van der Waals surface area contributed by atoms with Crippen LogP contribution in [0, 0.1) is 6.92 Å². The van der Waals surface area contributed by atoms with Gasteiger partial charge in [-0.1, -0.05) is 23.7 Å². The van der Waals surface area contributed by atoms with Crippen LogP contribution in [0.2, 0.25) is 5.15 Å². The van der Waals surface area contributed by atoms with E-state index in [1.165, 1.54) is 0 Å². The Morgan fingerprint density at radius 3 is 2.65 bits per heavy atom. The van der Waals surface area contributed by atoms with Crippen LogP contribution in [0.3, 0.4) is 0 Å². The first-order valence-corrected chi connectivity index (χ1v) is 6.63. The van der Waals surface area contributed by atoms with Gasteiger partial charge in [0.2, 0.25) is 0 Å². The van der Waals surface area contributed by atoms with Gasteiger partial charge in [0.15, 0.2) is 0 Å². The summed E-state index contributed by atoms with van der Waals surface area (Å²) in [5, 5.41) is 12.3. The second-order valence-corrected chi connectivity index (χ2v) is 4.88. The lowest BCUT2D eigenvalue weighted by atomic mass is 10.1. The number of phenolic OH excluding ortho intramolecular Hbond substituents is 1. The van der Waals surface area contributed by atoms with Gasteiger partial charge in [0.05, 0.1) is 0 Å². The Bertz CT molecular complexity index is 592. The quantitative estimate of drug-likeness (QED) is 0.851. The van der Waals surface area contributed by atoms with Gasteiger partial charge in [0.25, 0.3) is 5.91 Å². The Morgan fingerprint density at radius 1 is 1.30 bits per heavy atom. The first-order valence-electron chi connectivity index (χ1n) is 6.25. The number of carbonyl (C=O) groups is 1. The molecule has 0 saturated carbocycles.